The number of likely N-dealkylation sites (tertiary alicyclic amines) is 1. The Kier molecular flexibility index (Phi) is 3.41. The third kappa shape index (κ3) is 2.52. The second kappa shape index (κ2) is 5.57. The van der Waals surface area contributed by atoms with Crippen LogP contribution in [0.5, 0.6) is 0 Å². The number of hydrogen-bond donors (Lipinski definition) is 1. The van der Waals surface area contributed by atoms with Gasteiger partial charge in [0, 0.05) is 42.5 Å². The lowest BCUT2D eigenvalue weighted by atomic mass is 10.1. The molecule has 0 bridgehead atoms. The third-order valence-electron chi connectivity index (χ3n) is 4.70. The number of amides is 1. The fraction of sp³-hybridized carbons (Fsp3) is 0.333. The van der Waals surface area contributed by atoms with Crippen molar-refractivity contribution < 1.29 is 4.79 Å². The van der Waals surface area contributed by atoms with Gasteiger partial charge in [0.15, 0.2) is 0 Å². The van der Waals surface area contributed by atoms with Crippen LogP contribution in [0.4, 0.5) is 0 Å². The van der Waals surface area contributed by atoms with E-state index in [4.69, 9.17) is 0 Å². The van der Waals surface area contributed by atoms with Crippen molar-refractivity contribution in [2.24, 2.45) is 7.05 Å². The molecule has 118 valence electrons. The molecule has 0 unspecified atom stereocenters. The number of aromatic nitrogens is 3. The topological polar surface area (TPSA) is 53.9 Å². The van der Waals surface area contributed by atoms with E-state index in [0.29, 0.717) is 6.42 Å². The highest BCUT2D eigenvalue weighted by Gasteiger charge is 2.30. The largest absolute Gasteiger partial charge is 0.361 e. The van der Waals surface area contributed by atoms with Gasteiger partial charge in [-0.2, -0.15) is 5.10 Å². The number of H-pyrrole nitrogens is 1. The number of para-hydroxylation sites is 1. The Morgan fingerprint density at radius 2 is 2.26 bits per heavy atom. The molecule has 1 atom stereocenters. The number of nitrogens with zero attached hydrogens (tertiary/aromatic N) is 3. The molecule has 3 heterocycles. The van der Waals surface area contributed by atoms with Crippen molar-refractivity contribution in [2.75, 3.05) is 6.54 Å². The zero-order valence-electron chi connectivity index (χ0n) is 13.2. The third-order valence-corrected chi connectivity index (χ3v) is 4.70. The Hall–Kier alpha value is -2.56. The van der Waals surface area contributed by atoms with E-state index >= 15 is 0 Å². The van der Waals surface area contributed by atoms with Crippen molar-refractivity contribution in [1.82, 2.24) is 19.7 Å². The van der Waals surface area contributed by atoms with Crippen LogP contribution in [0.2, 0.25) is 0 Å². The quantitative estimate of drug-likeness (QED) is 0.809. The number of hydrogen-bond acceptors (Lipinski definition) is 2. The number of aryl methyl sites for hydroxylation is 1. The lowest BCUT2D eigenvalue weighted by Gasteiger charge is -2.24. The van der Waals surface area contributed by atoms with Crippen LogP contribution in [-0.4, -0.2) is 32.1 Å². The van der Waals surface area contributed by atoms with Crippen molar-refractivity contribution in [2.45, 2.75) is 25.3 Å². The smallest absolute Gasteiger partial charge is 0.227 e. The van der Waals surface area contributed by atoms with Gasteiger partial charge in [-0.15, -0.1) is 0 Å². The SMILES string of the molecule is Cn1cc([C@H]2CCCN2C(=O)Cc2c[nH]c3ccccc23)cn1. The van der Waals surface area contributed by atoms with Gasteiger partial charge in [0.2, 0.25) is 5.91 Å². The molecule has 1 saturated heterocycles. The highest BCUT2D eigenvalue weighted by atomic mass is 16.2. The highest BCUT2D eigenvalue weighted by Crippen LogP contribution is 2.32. The van der Waals surface area contributed by atoms with Crippen LogP contribution >= 0.6 is 0 Å². The summed E-state index contributed by atoms with van der Waals surface area (Å²) in [4.78, 5) is 18.1. The number of fused-ring (bicyclic) bond motifs is 1. The minimum absolute atomic E-state index is 0.168. The number of carbonyl (C=O) groups is 1. The first-order valence-corrected chi connectivity index (χ1v) is 8.05. The second-order valence-corrected chi connectivity index (χ2v) is 6.23. The molecule has 23 heavy (non-hydrogen) atoms. The fourth-order valence-electron chi connectivity index (χ4n) is 3.57. The molecule has 1 aliphatic heterocycles. The van der Waals surface area contributed by atoms with Crippen molar-refractivity contribution in [3.05, 3.63) is 54.0 Å². The molecular formula is C18H20N4O. The van der Waals surface area contributed by atoms with Gasteiger partial charge in [-0.3, -0.25) is 9.48 Å². The molecule has 0 radical (unpaired) electrons. The Labute approximate surface area is 134 Å². The van der Waals surface area contributed by atoms with Crippen molar-refractivity contribution in [1.29, 1.82) is 0 Å². The Morgan fingerprint density at radius 1 is 1.39 bits per heavy atom. The Morgan fingerprint density at radius 3 is 3.09 bits per heavy atom. The summed E-state index contributed by atoms with van der Waals surface area (Å²) in [6.07, 6.45) is 8.37. The van der Waals surface area contributed by atoms with Crippen LogP contribution in [0, 0.1) is 0 Å². The van der Waals surface area contributed by atoms with E-state index < -0.39 is 0 Å². The highest BCUT2D eigenvalue weighted by molar-refractivity contribution is 5.89. The number of rotatable bonds is 3. The molecule has 1 aromatic carbocycles. The molecule has 1 fully saturated rings. The summed E-state index contributed by atoms with van der Waals surface area (Å²) in [5.41, 5.74) is 3.29. The first-order valence-electron chi connectivity index (χ1n) is 8.05. The monoisotopic (exact) mass is 308 g/mol. The fourth-order valence-corrected chi connectivity index (χ4v) is 3.57. The number of benzene rings is 1. The van der Waals surface area contributed by atoms with E-state index in [0.717, 1.165) is 41.4 Å². The average Bonchev–Trinajstić information content (AvgIpc) is 3.26. The standard InChI is InChI=1S/C18H20N4O/c1-21-12-14(11-20-21)17-7-4-8-22(17)18(23)9-13-10-19-16-6-3-2-5-15(13)16/h2-3,5-6,10-12,17,19H,4,7-9H2,1H3/t17-/m1/s1. The van der Waals surface area contributed by atoms with E-state index in [-0.39, 0.29) is 11.9 Å². The van der Waals surface area contributed by atoms with E-state index in [1.54, 1.807) is 4.68 Å². The first kappa shape index (κ1) is 14.1. The van der Waals surface area contributed by atoms with Gasteiger partial charge in [-0.1, -0.05) is 18.2 Å². The molecular weight excluding hydrogens is 288 g/mol. The molecule has 1 N–H and O–H groups in total. The van der Waals surface area contributed by atoms with Crippen LogP contribution in [0.25, 0.3) is 10.9 Å². The zero-order chi connectivity index (χ0) is 15.8. The van der Waals surface area contributed by atoms with E-state index in [1.807, 2.05) is 48.7 Å². The molecule has 0 saturated carbocycles. The molecule has 4 rings (SSSR count). The first-order chi connectivity index (χ1) is 11.2. The molecule has 0 aliphatic carbocycles. The molecule has 3 aromatic rings. The lowest BCUT2D eigenvalue weighted by molar-refractivity contribution is -0.131. The van der Waals surface area contributed by atoms with Gasteiger partial charge in [0.05, 0.1) is 18.7 Å². The maximum absolute atomic E-state index is 12.8. The van der Waals surface area contributed by atoms with Crippen molar-refractivity contribution in [3.8, 4) is 0 Å². The summed E-state index contributed by atoms with van der Waals surface area (Å²) in [7, 11) is 1.91. The summed E-state index contributed by atoms with van der Waals surface area (Å²) >= 11 is 0. The Balaban J connectivity index is 1.56. The molecule has 5 nitrogen and oxygen atoms in total. The van der Waals surface area contributed by atoms with Gasteiger partial charge in [0.25, 0.3) is 0 Å². The summed E-state index contributed by atoms with van der Waals surface area (Å²) < 4.78 is 1.80. The average molecular weight is 308 g/mol. The summed E-state index contributed by atoms with van der Waals surface area (Å²) in [5, 5.41) is 5.38. The van der Waals surface area contributed by atoms with Gasteiger partial charge in [-0.25, -0.2) is 0 Å². The molecule has 0 spiro atoms. The normalized spacial score (nSPS) is 18.0. The lowest BCUT2D eigenvalue weighted by Crippen LogP contribution is -2.31. The van der Waals surface area contributed by atoms with Crippen molar-refractivity contribution in [3.63, 3.8) is 0 Å². The van der Waals surface area contributed by atoms with Crippen LogP contribution in [0.15, 0.2) is 42.9 Å². The zero-order valence-corrected chi connectivity index (χ0v) is 13.2. The van der Waals surface area contributed by atoms with E-state index in [2.05, 4.69) is 16.1 Å². The Bertz CT molecular complexity index is 847. The van der Waals surface area contributed by atoms with Gasteiger partial charge in [0.1, 0.15) is 0 Å². The summed E-state index contributed by atoms with van der Waals surface area (Å²) in [6.45, 7) is 0.834. The van der Waals surface area contributed by atoms with Crippen LogP contribution < -0.4 is 0 Å². The van der Waals surface area contributed by atoms with Crippen molar-refractivity contribution >= 4 is 16.8 Å². The number of aromatic amines is 1. The van der Waals surface area contributed by atoms with E-state index in [9.17, 15) is 4.79 Å². The van der Waals surface area contributed by atoms with Crippen LogP contribution in [0.1, 0.15) is 30.0 Å². The minimum Gasteiger partial charge on any atom is -0.361 e. The molecule has 1 aliphatic rings. The summed E-state index contributed by atoms with van der Waals surface area (Å²) in [6, 6.07) is 8.29. The number of nitrogens with one attached hydrogen (secondary N) is 1. The van der Waals surface area contributed by atoms with Gasteiger partial charge < -0.3 is 9.88 Å². The predicted molar refractivity (Wildman–Crippen MR) is 88.9 cm³/mol. The maximum atomic E-state index is 12.8. The van der Waals surface area contributed by atoms with Crippen LogP contribution in [0.3, 0.4) is 0 Å². The number of carbonyl (C=O) groups excluding carboxylic acids is 1. The predicted octanol–water partition coefficient (Wildman–Crippen LogP) is 2.81. The van der Waals surface area contributed by atoms with Crippen LogP contribution in [-0.2, 0) is 18.3 Å². The maximum Gasteiger partial charge on any atom is 0.227 e. The second-order valence-electron chi connectivity index (χ2n) is 6.23. The minimum atomic E-state index is 0.168. The van der Waals surface area contributed by atoms with Gasteiger partial charge >= 0.3 is 0 Å². The van der Waals surface area contributed by atoms with Gasteiger partial charge in [-0.05, 0) is 24.5 Å². The molecule has 1 amide bonds. The molecule has 2 aromatic heterocycles. The van der Waals surface area contributed by atoms with E-state index in [1.165, 1.54) is 0 Å². The summed E-state index contributed by atoms with van der Waals surface area (Å²) in [5.74, 6) is 0.195. The molecule has 5 heteroatoms.